The van der Waals surface area contributed by atoms with Gasteiger partial charge in [-0.05, 0) is 44.9 Å². The molecule has 0 radical (unpaired) electrons. The summed E-state index contributed by atoms with van der Waals surface area (Å²) in [6, 6.07) is 0. The normalized spacial score (nSPS) is 12.7. The Balaban J connectivity index is 3.95. The molecule has 0 aromatic carbocycles. The van der Waals surface area contributed by atoms with Gasteiger partial charge < -0.3 is 19.3 Å². The van der Waals surface area contributed by atoms with Crippen molar-refractivity contribution in [3.05, 3.63) is 24.3 Å². The van der Waals surface area contributed by atoms with Crippen molar-refractivity contribution in [1.29, 1.82) is 0 Å². The minimum Gasteiger partial charge on any atom is -0.462 e. The summed E-state index contributed by atoms with van der Waals surface area (Å²) in [5.41, 5.74) is 0. The Hall–Kier alpha value is -1.47. The van der Waals surface area contributed by atoms with Crippen molar-refractivity contribution in [1.82, 2.24) is 0 Å². The van der Waals surface area contributed by atoms with Crippen LogP contribution in [0, 0.1) is 0 Å². The minimum absolute atomic E-state index is 0.198. The maximum Gasteiger partial charge on any atom is 0.469 e. The third kappa shape index (κ3) is 37.4. The third-order valence-corrected chi connectivity index (χ3v) is 8.96. The number of allylic oxidation sites excluding steroid dienone is 4. The van der Waals surface area contributed by atoms with E-state index in [1.807, 2.05) is 0 Å². The van der Waals surface area contributed by atoms with Gasteiger partial charge in [0.05, 0.1) is 6.61 Å². The van der Waals surface area contributed by atoms with Crippen LogP contribution in [0.3, 0.4) is 0 Å². The fraction of sp³-hybridized carbons (Fsp3) is 0.846. The van der Waals surface area contributed by atoms with Crippen LogP contribution in [-0.4, -0.2) is 41.0 Å². The third-order valence-electron chi connectivity index (χ3n) is 8.47. The molecule has 282 valence electrons. The van der Waals surface area contributed by atoms with Gasteiger partial charge in [-0.15, -0.1) is 0 Å². The summed E-state index contributed by atoms with van der Waals surface area (Å²) in [7, 11) is -4.75. The van der Waals surface area contributed by atoms with Gasteiger partial charge in [0.15, 0.2) is 6.10 Å². The number of carbonyl (C=O) groups excluding carboxylic acids is 2. The zero-order valence-corrected chi connectivity index (χ0v) is 31.8. The van der Waals surface area contributed by atoms with Gasteiger partial charge in [0.25, 0.3) is 0 Å². The maximum atomic E-state index is 12.4. The highest BCUT2D eigenvalue weighted by molar-refractivity contribution is 7.46. The van der Waals surface area contributed by atoms with E-state index in [0.29, 0.717) is 6.42 Å². The summed E-state index contributed by atoms with van der Waals surface area (Å²) < 4.78 is 26.3. The Morgan fingerprint density at radius 2 is 0.938 bits per heavy atom. The molecule has 0 fully saturated rings. The lowest BCUT2D eigenvalue weighted by molar-refractivity contribution is -0.161. The van der Waals surface area contributed by atoms with E-state index in [1.165, 1.54) is 103 Å². The first kappa shape index (κ1) is 46.5. The predicted octanol–water partition coefficient (Wildman–Crippen LogP) is 11.6. The number of phosphoric acid groups is 1. The molecule has 0 spiro atoms. The zero-order chi connectivity index (χ0) is 35.4. The Morgan fingerprint density at radius 1 is 0.542 bits per heavy atom. The van der Waals surface area contributed by atoms with Crippen molar-refractivity contribution < 1.29 is 37.9 Å². The molecule has 0 aliphatic carbocycles. The van der Waals surface area contributed by atoms with Crippen LogP contribution in [0.1, 0.15) is 194 Å². The summed E-state index contributed by atoms with van der Waals surface area (Å²) in [6.07, 6.45) is 38.9. The van der Waals surface area contributed by atoms with Crippen LogP contribution in [0.2, 0.25) is 0 Å². The summed E-state index contributed by atoms with van der Waals surface area (Å²) >= 11 is 0. The van der Waals surface area contributed by atoms with Crippen LogP contribution in [0.5, 0.6) is 0 Å². The molecule has 0 aromatic heterocycles. The van der Waals surface area contributed by atoms with Gasteiger partial charge in [0, 0.05) is 12.8 Å². The van der Waals surface area contributed by atoms with E-state index in [-0.39, 0.29) is 19.4 Å². The molecule has 0 aliphatic heterocycles. The van der Waals surface area contributed by atoms with E-state index in [1.54, 1.807) is 0 Å². The molecule has 2 N–H and O–H groups in total. The van der Waals surface area contributed by atoms with Gasteiger partial charge >= 0.3 is 19.8 Å². The molecule has 0 saturated carbocycles. The fourth-order valence-corrected chi connectivity index (χ4v) is 5.88. The van der Waals surface area contributed by atoms with Crippen molar-refractivity contribution >= 4 is 19.8 Å². The Bertz CT molecular complexity index is 838. The fourth-order valence-electron chi connectivity index (χ4n) is 5.52. The minimum atomic E-state index is -4.75. The monoisotopic (exact) mass is 701 g/mol. The Labute approximate surface area is 294 Å². The molecule has 48 heavy (non-hydrogen) atoms. The number of phosphoric ester groups is 1. The van der Waals surface area contributed by atoms with Gasteiger partial charge in [0.2, 0.25) is 0 Å². The lowest BCUT2D eigenvalue weighted by Gasteiger charge is -2.18. The van der Waals surface area contributed by atoms with Crippen LogP contribution in [0.15, 0.2) is 24.3 Å². The topological polar surface area (TPSA) is 119 Å². The molecular formula is C39H73O8P. The van der Waals surface area contributed by atoms with E-state index in [4.69, 9.17) is 19.3 Å². The van der Waals surface area contributed by atoms with Crippen LogP contribution < -0.4 is 0 Å². The van der Waals surface area contributed by atoms with E-state index in [9.17, 15) is 14.2 Å². The van der Waals surface area contributed by atoms with Crippen molar-refractivity contribution in [3.8, 4) is 0 Å². The summed E-state index contributed by atoms with van der Waals surface area (Å²) in [6.45, 7) is 3.65. The predicted molar refractivity (Wildman–Crippen MR) is 198 cm³/mol. The number of unbranched alkanes of at least 4 members (excludes halogenated alkanes) is 22. The number of esters is 2. The summed E-state index contributed by atoms with van der Waals surface area (Å²) in [4.78, 5) is 42.7. The van der Waals surface area contributed by atoms with Gasteiger partial charge in [0.1, 0.15) is 6.61 Å². The standard InChI is InChI=1S/C39H73O8P/c1-3-5-7-9-11-13-15-17-19-21-23-25-27-29-31-33-38(40)45-35-37(36-46-48(42,43)44)47-39(41)34-32-30-28-26-24-22-20-18-16-14-12-10-8-6-4-2/h12,14,18,20,37H,3-11,13,15-17,19,21-36H2,1-2H3,(H2,42,43,44)/b14-12-,20-18-. The van der Waals surface area contributed by atoms with Crippen LogP contribution in [-0.2, 0) is 28.2 Å². The van der Waals surface area contributed by atoms with E-state index < -0.39 is 32.5 Å². The first-order valence-electron chi connectivity index (χ1n) is 19.6. The number of rotatable bonds is 36. The second kappa shape index (κ2) is 35.4. The molecule has 1 unspecified atom stereocenters. The molecule has 0 heterocycles. The largest absolute Gasteiger partial charge is 0.469 e. The quantitative estimate of drug-likeness (QED) is 0.0287. The maximum absolute atomic E-state index is 12.4. The first-order chi connectivity index (χ1) is 23.3. The molecule has 8 nitrogen and oxygen atoms in total. The average Bonchev–Trinajstić information content (AvgIpc) is 3.05. The lowest BCUT2D eigenvalue weighted by atomic mass is 10.0. The van der Waals surface area contributed by atoms with Gasteiger partial charge in [-0.25, -0.2) is 4.57 Å². The average molecular weight is 701 g/mol. The van der Waals surface area contributed by atoms with Crippen molar-refractivity contribution in [2.75, 3.05) is 13.2 Å². The van der Waals surface area contributed by atoms with Crippen molar-refractivity contribution in [2.45, 2.75) is 200 Å². The lowest BCUT2D eigenvalue weighted by Crippen LogP contribution is -2.29. The second-order valence-corrected chi connectivity index (χ2v) is 14.5. The SMILES string of the molecule is CCCCC/C=C\C/C=C\CCCCCCCC(=O)OC(COC(=O)CCCCCCCCCCCCCCCCC)COP(=O)(O)O. The molecule has 0 amide bonds. The van der Waals surface area contributed by atoms with Gasteiger partial charge in [-0.2, -0.15) is 0 Å². The van der Waals surface area contributed by atoms with Gasteiger partial charge in [-0.3, -0.25) is 14.1 Å². The number of hydrogen-bond acceptors (Lipinski definition) is 6. The second-order valence-electron chi connectivity index (χ2n) is 13.3. The highest BCUT2D eigenvalue weighted by Gasteiger charge is 2.22. The van der Waals surface area contributed by atoms with Crippen molar-refractivity contribution in [3.63, 3.8) is 0 Å². The zero-order valence-electron chi connectivity index (χ0n) is 30.9. The summed E-state index contributed by atoms with van der Waals surface area (Å²) in [5.74, 6) is -0.894. The summed E-state index contributed by atoms with van der Waals surface area (Å²) in [5, 5.41) is 0. The molecule has 0 bridgehead atoms. The molecule has 0 aliphatic rings. The molecule has 0 aromatic rings. The number of ether oxygens (including phenoxy) is 2. The van der Waals surface area contributed by atoms with Crippen LogP contribution in [0.25, 0.3) is 0 Å². The Kier molecular flexibility index (Phi) is 34.3. The Morgan fingerprint density at radius 3 is 1.42 bits per heavy atom. The highest BCUT2D eigenvalue weighted by Crippen LogP contribution is 2.36. The molecular weight excluding hydrogens is 627 g/mol. The first-order valence-corrected chi connectivity index (χ1v) is 21.2. The number of carbonyl (C=O) groups is 2. The molecule has 0 saturated heterocycles. The van der Waals surface area contributed by atoms with E-state index in [2.05, 4.69) is 42.7 Å². The van der Waals surface area contributed by atoms with E-state index >= 15 is 0 Å². The molecule has 0 rings (SSSR count). The van der Waals surface area contributed by atoms with Crippen LogP contribution >= 0.6 is 7.82 Å². The van der Waals surface area contributed by atoms with Crippen LogP contribution in [0.4, 0.5) is 0 Å². The van der Waals surface area contributed by atoms with E-state index in [0.717, 1.165) is 57.8 Å². The highest BCUT2D eigenvalue weighted by atomic mass is 31.2. The molecule has 9 heteroatoms. The smallest absolute Gasteiger partial charge is 0.462 e. The molecule has 1 atom stereocenters. The van der Waals surface area contributed by atoms with Gasteiger partial charge in [-0.1, -0.05) is 160 Å². The number of hydrogen-bond donors (Lipinski definition) is 2. The van der Waals surface area contributed by atoms with Crippen molar-refractivity contribution in [2.24, 2.45) is 0 Å².